The van der Waals surface area contributed by atoms with E-state index in [-0.39, 0.29) is 31.1 Å². The maximum Gasteiger partial charge on any atom is 0.0274 e. The predicted molar refractivity (Wildman–Crippen MR) is 44.9 cm³/mol. The van der Waals surface area contributed by atoms with Gasteiger partial charge in [0.1, 0.15) is 0 Å². The lowest BCUT2D eigenvalue weighted by molar-refractivity contribution is 1.91. The molecule has 7 heavy (non-hydrogen) atoms. The Bertz CT molecular complexity index is 8.90. The van der Waals surface area contributed by atoms with Crippen LogP contribution in [-0.4, -0.2) is 8.80 Å². The zero-order valence-corrected chi connectivity index (χ0v) is 4.73. The quantitative estimate of drug-likeness (QED) is 0.433. The first-order valence-corrected chi connectivity index (χ1v) is 5.20. The zero-order valence-electron chi connectivity index (χ0n) is 3.58. The van der Waals surface area contributed by atoms with Gasteiger partial charge in [-0.25, -0.2) is 0 Å². The minimum Gasteiger partial charge on any atom is -0.0776 e. The van der Waals surface area contributed by atoms with E-state index in [0.29, 0.717) is 0 Å². The van der Waals surface area contributed by atoms with Gasteiger partial charge in [-0.1, -0.05) is 41.9 Å². The highest BCUT2D eigenvalue weighted by atomic mass is 28.3. The minimum absolute atomic E-state index is 0. The first-order valence-electron chi connectivity index (χ1n) is 1.73. The largest absolute Gasteiger partial charge is 0.0776 e. The lowest BCUT2D eigenvalue weighted by Crippen LogP contribution is -1.84. The average molecular weight is 122 g/mol. The van der Waals surface area contributed by atoms with Gasteiger partial charge in [0, 0.05) is 8.80 Å². The molecule has 0 bridgehead atoms. The first kappa shape index (κ1) is 27.0. The Balaban J connectivity index is -0.0000000150. The smallest absolute Gasteiger partial charge is 0.0274 e. The van der Waals surface area contributed by atoms with Crippen LogP contribution in [0.15, 0.2) is 0 Å². The van der Waals surface area contributed by atoms with Crippen LogP contribution in [0.1, 0.15) is 22.3 Å². The molecule has 0 fully saturated rings. The van der Waals surface area contributed by atoms with Gasteiger partial charge in [-0.05, 0) is 0 Å². The molecule has 0 N–H and O–H groups in total. The Kier molecular flexibility index (Phi) is 63.0. The second-order valence-electron chi connectivity index (χ2n) is 1.73. The molecule has 0 aliphatic rings. The molecule has 0 amide bonds. The van der Waals surface area contributed by atoms with Crippen LogP contribution in [0.2, 0.25) is 19.6 Å². The van der Waals surface area contributed by atoms with E-state index in [0.717, 1.165) is 0 Å². The van der Waals surface area contributed by atoms with Gasteiger partial charge in [0.05, 0.1) is 0 Å². The third kappa shape index (κ3) is 2350. The zero-order chi connectivity index (χ0) is 3.58. The molecule has 0 atom stereocenters. The molecule has 0 rings (SSSR count). The van der Waals surface area contributed by atoms with Gasteiger partial charge >= 0.3 is 0 Å². The van der Waals surface area contributed by atoms with Gasteiger partial charge < -0.3 is 0 Å². The summed E-state index contributed by atoms with van der Waals surface area (Å²) in [6.45, 7) is 6.92. The predicted octanol–water partition coefficient (Wildman–Crippen LogP) is 3.01. The van der Waals surface area contributed by atoms with Crippen molar-refractivity contribution in [1.29, 1.82) is 0 Å². The van der Waals surface area contributed by atoms with Crippen molar-refractivity contribution in [2.75, 3.05) is 0 Å². The molecule has 0 aliphatic heterocycles. The van der Waals surface area contributed by atoms with Crippen LogP contribution in [-0.2, 0) is 0 Å². The maximum atomic E-state index is 2.31. The van der Waals surface area contributed by atoms with Crippen molar-refractivity contribution in [3.05, 3.63) is 0 Å². The van der Waals surface area contributed by atoms with Crippen molar-refractivity contribution in [2.45, 2.75) is 41.9 Å². The molecule has 0 saturated carbocycles. The van der Waals surface area contributed by atoms with Gasteiger partial charge in [-0.3, -0.25) is 0 Å². The molecule has 0 spiro atoms. The van der Waals surface area contributed by atoms with Crippen molar-refractivity contribution in [2.24, 2.45) is 0 Å². The van der Waals surface area contributed by atoms with E-state index in [1.165, 1.54) is 0 Å². The van der Waals surface area contributed by atoms with Crippen molar-refractivity contribution in [3.63, 3.8) is 0 Å². The molecule has 0 unspecified atom stereocenters. The number of hydrogen-bond donors (Lipinski definition) is 0. The van der Waals surface area contributed by atoms with Gasteiger partial charge in [0.2, 0.25) is 0 Å². The third-order valence-electron chi connectivity index (χ3n) is 0. The summed E-state index contributed by atoms with van der Waals surface area (Å²) < 4.78 is 0. The molecule has 1 heteroatoms. The highest BCUT2D eigenvalue weighted by Gasteiger charge is 1.71. The van der Waals surface area contributed by atoms with Crippen LogP contribution >= 0.6 is 0 Å². The second kappa shape index (κ2) is 16.4. The van der Waals surface area contributed by atoms with Gasteiger partial charge in [-0.15, -0.1) is 0 Å². The van der Waals surface area contributed by atoms with E-state index in [2.05, 4.69) is 19.6 Å². The van der Waals surface area contributed by atoms with Crippen molar-refractivity contribution in [3.8, 4) is 0 Å². The summed E-state index contributed by atoms with van der Waals surface area (Å²) in [6.07, 6.45) is 0. The van der Waals surface area contributed by atoms with E-state index in [4.69, 9.17) is 0 Å². The van der Waals surface area contributed by atoms with Gasteiger partial charge in [0.15, 0.2) is 0 Å². The Morgan fingerprint density at radius 1 is 0.714 bits per heavy atom. The summed E-state index contributed by atoms with van der Waals surface area (Å²) in [5, 5.41) is 0. The van der Waals surface area contributed by atoms with Gasteiger partial charge in [-0.2, -0.15) is 0 Å². The van der Waals surface area contributed by atoms with E-state index >= 15 is 0 Å². The topological polar surface area (TPSA) is 0 Å². The molecule has 0 aromatic rings. The summed E-state index contributed by atoms with van der Waals surface area (Å²) in [6, 6.07) is 0. The Morgan fingerprint density at radius 2 is 0.714 bits per heavy atom. The van der Waals surface area contributed by atoms with Crippen LogP contribution in [0.25, 0.3) is 0 Å². The van der Waals surface area contributed by atoms with Crippen LogP contribution in [0, 0.1) is 0 Å². The third-order valence-corrected chi connectivity index (χ3v) is 0. The summed E-state index contributed by atoms with van der Waals surface area (Å²) in [7, 11) is -0.139. The molecule has 0 aromatic carbocycles. The maximum absolute atomic E-state index is 2.31. The standard InChI is InChI=1S/C3H10Si.3CH4/c1-4(2)3;;;/h4H,1-3H3;3*1H4. The molecule has 0 saturated heterocycles. The lowest BCUT2D eigenvalue weighted by Gasteiger charge is -1.75. The van der Waals surface area contributed by atoms with Crippen LogP contribution < -0.4 is 0 Å². The van der Waals surface area contributed by atoms with E-state index in [9.17, 15) is 0 Å². The first-order chi connectivity index (χ1) is 1.73. The molecular formula is C6H22Si. The average Bonchev–Trinajstić information content (AvgIpc) is 0.811. The van der Waals surface area contributed by atoms with Crippen LogP contribution in [0.5, 0.6) is 0 Å². The molecular weight excluding hydrogens is 100 g/mol. The monoisotopic (exact) mass is 122 g/mol. The van der Waals surface area contributed by atoms with Crippen LogP contribution in [0.3, 0.4) is 0 Å². The fourth-order valence-corrected chi connectivity index (χ4v) is 0. The van der Waals surface area contributed by atoms with E-state index in [1.54, 1.807) is 0 Å². The van der Waals surface area contributed by atoms with E-state index < -0.39 is 0 Å². The van der Waals surface area contributed by atoms with Crippen LogP contribution in [0.4, 0.5) is 0 Å². The van der Waals surface area contributed by atoms with Crippen molar-refractivity contribution in [1.82, 2.24) is 0 Å². The minimum atomic E-state index is -0.139. The van der Waals surface area contributed by atoms with Crippen molar-refractivity contribution < 1.29 is 0 Å². The lowest BCUT2D eigenvalue weighted by atomic mass is 11.8. The molecule has 0 heterocycles. The summed E-state index contributed by atoms with van der Waals surface area (Å²) in [4.78, 5) is 0. The molecule has 50 valence electrons. The Labute approximate surface area is 51.6 Å². The molecule has 0 aromatic heterocycles. The summed E-state index contributed by atoms with van der Waals surface area (Å²) in [5.74, 6) is 0. The Morgan fingerprint density at radius 3 is 0.714 bits per heavy atom. The van der Waals surface area contributed by atoms with Crippen molar-refractivity contribution >= 4 is 8.80 Å². The summed E-state index contributed by atoms with van der Waals surface area (Å²) in [5.41, 5.74) is 0. The second-order valence-corrected chi connectivity index (χ2v) is 5.20. The SMILES string of the molecule is C.C.C.C[SiH](C)C. The number of rotatable bonds is 0. The Hall–Kier alpha value is 0.217. The fraction of sp³-hybridized carbons (Fsp3) is 1.00. The summed E-state index contributed by atoms with van der Waals surface area (Å²) >= 11 is 0. The molecule has 0 nitrogen and oxygen atoms in total. The fourth-order valence-electron chi connectivity index (χ4n) is 0. The highest BCUT2D eigenvalue weighted by molar-refractivity contribution is 6.54. The molecule has 0 radical (unpaired) electrons. The van der Waals surface area contributed by atoms with E-state index in [1.807, 2.05) is 0 Å². The normalized spacial score (nSPS) is 5.14. The number of hydrogen-bond acceptors (Lipinski definition) is 0. The highest BCUT2D eigenvalue weighted by Crippen LogP contribution is 1.68. The molecule has 0 aliphatic carbocycles. The van der Waals surface area contributed by atoms with Gasteiger partial charge in [0.25, 0.3) is 0 Å².